The van der Waals surface area contributed by atoms with E-state index in [2.05, 4.69) is 10.6 Å². The van der Waals surface area contributed by atoms with Crippen molar-refractivity contribution in [3.63, 3.8) is 0 Å². The Morgan fingerprint density at radius 3 is 2.35 bits per heavy atom. The highest BCUT2D eigenvalue weighted by Gasteiger charge is 1.94. The van der Waals surface area contributed by atoms with E-state index in [-0.39, 0.29) is 0 Å². The molecule has 17 heavy (non-hydrogen) atoms. The van der Waals surface area contributed by atoms with Crippen LogP contribution in [0.15, 0.2) is 0 Å². The second kappa shape index (κ2) is 13.7. The molecule has 0 radical (unpaired) electrons. The van der Waals surface area contributed by atoms with Crippen molar-refractivity contribution in [2.75, 3.05) is 40.0 Å². The zero-order chi connectivity index (χ0) is 12.8. The first kappa shape index (κ1) is 16.6. The van der Waals surface area contributed by atoms with Crippen LogP contribution in [0, 0.1) is 0 Å². The first-order valence-electron chi connectivity index (χ1n) is 6.39. The van der Waals surface area contributed by atoms with Crippen LogP contribution in [0.25, 0.3) is 0 Å². The van der Waals surface area contributed by atoms with Crippen molar-refractivity contribution < 1.29 is 9.47 Å². The molecule has 102 valence electrons. The van der Waals surface area contributed by atoms with Crippen molar-refractivity contribution in [2.24, 2.45) is 0 Å². The SMILES string of the molecule is CCOCCCNC(=S)NCCCCCOC. The summed E-state index contributed by atoms with van der Waals surface area (Å²) >= 11 is 5.15. The van der Waals surface area contributed by atoms with E-state index in [1.165, 1.54) is 6.42 Å². The van der Waals surface area contributed by atoms with Gasteiger partial charge in [-0.25, -0.2) is 0 Å². The van der Waals surface area contributed by atoms with Crippen LogP contribution < -0.4 is 10.6 Å². The van der Waals surface area contributed by atoms with Gasteiger partial charge < -0.3 is 20.1 Å². The number of methoxy groups -OCH3 is 1. The Labute approximate surface area is 110 Å². The van der Waals surface area contributed by atoms with Crippen molar-refractivity contribution in [1.82, 2.24) is 10.6 Å². The Bertz CT molecular complexity index is 180. The van der Waals surface area contributed by atoms with E-state index in [4.69, 9.17) is 21.7 Å². The topological polar surface area (TPSA) is 42.5 Å². The number of unbranched alkanes of at least 4 members (excludes halogenated alkanes) is 2. The molecule has 0 aromatic rings. The zero-order valence-corrected chi connectivity index (χ0v) is 11.9. The molecule has 4 nitrogen and oxygen atoms in total. The molecule has 0 spiro atoms. The highest BCUT2D eigenvalue weighted by molar-refractivity contribution is 7.80. The lowest BCUT2D eigenvalue weighted by Crippen LogP contribution is -2.36. The van der Waals surface area contributed by atoms with Gasteiger partial charge in [-0.15, -0.1) is 0 Å². The molecule has 0 bridgehead atoms. The van der Waals surface area contributed by atoms with Crippen molar-refractivity contribution >= 4 is 17.3 Å². The van der Waals surface area contributed by atoms with Crippen molar-refractivity contribution in [3.05, 3.63) is 0 Å². The van der Waals surface area contributed by atoms with Gasteiger partial charge in [0.25, 0.3) is 0 Å². The number of hydrogen-bond donors (Lipinski definition) is 2. The Morgan fingerprint density at radius 2 is 1.71 bits per heavy atom. The molecule has 0 saturated heterocycles. The molecule has 0 atom stereocenters. The standard InChI is InChI=1S/C12H26N2O2S/c1-3-16-11-7-9-14-12(17)13-8-5-4-6-10-15-2/h3-11H2,1-2H3,(H2,13,14,17). The average Bonchev–Trinajstić information content (AvgIpc) is 2.33. The molecule has 0 unspecified atom stereocenters. The maximum atomic E-state index is 5.24. The van der Waals surface area contributed by atoms with E-state index >= 15 is 0 Å². The summed E-state index contributed by atoms with van der Waals surface area (Å²) in [5, 5.41) is 7.09. The maximum Gasteiger partial charge on any atom is 0.166 e. The third-order valence-electron chi connectivity index (χ3n) is 2.27. The predicted molar refractivity (Wildman–Crippen MR) is 75.4 cm³/mol. The average molecular weight is 262 g/mol. The molecular formula is C12H26N2O2S. The maximum absolute atomic E-state index is 5.24. The Kier molecular flexibility index (Phi) is 13.4. The molecule has 0 heterocycles. The Morgan fingerprint density at radius 1 is 1.00 bits per heavy atom. The molecule has 0 rings (SSSR count). The lowest BCUT2D eigenvalue weighted by atomic mass is 10.2. The van der Waals surface area contributed by atoms with Crippen molar-refractivity contribution in [3.8, 4) is 0 Å². The summed E-state index contributed by atoms with van der Waals surface area (Å²) in [7, 11) is 1.74. The molecule has 0 aliphatic carbocycles. The molecule has 0 aromatic heterocycles. The fourth-order valence-corrected chi connectivity index (χ4v) is 1.54. The van der Waals surface area contributed by atoms with Gasteiger partial charge in [0.1, 0.15) is 0 Å². The minimum Gasteiger partial charge on any atom is -0.385 e. The Hall–Kier alpha value is -0.390. The predicted octanol–water partition coefficient (Wildman–Crippen LogP) is 1.69. The van der Waals surface area contributed by atoms with Crippen LogP contribution in [0.1, 0.15) is 32.6 Å². The molecule has 0 saturated carbocycles. The highest BCUT2D eigenvalue weighted by Crippen LogP contribution is 1.93. The fourth-order valence-electron chi connectivity index (χ4n) is 1.33. The van der Waals surface area contributed by atoms with Gasteiger partial charge in [0.05, 0.1) is 0 Å². The third kappa shape index (κ3) is 13.5. The van der Waals surface area contributed by atoms with Gasteiger partial charge in [-0.05, 0) is 44.8 Å². The van der Waals surface area contributed by atoms with Gasteiger partial charge in [-0.2, -0.15) is 0 Å². The minimum absolute atomic E-state index is 0.744. The van der Waals surface area contributed by atoms with E-state index < -0.39 is 0 Å². The smallest absolute Gasteiger partial charge is 0.166 e. The monoisotopic (exact) mass is 262 g/mol. The van der Waals surface area contributed by atoms with Crippen LogP contribution in [0.2, 0.25) is 0 Å². The van der Waals surface area contributed by atoms with Crippen LogP contribution in [0.3, 0.4) is 0 Å². The molecule has 0 aromatic carbocycles. The minimum atomic E-state index is 0.744. The van der Waals surface area contributed by atoms with E-state index in [1.807, 2.05) is 6.92 Å². The third-order valence-corrected chi connectivity index (χ3v) is 2.55. The van der Waals surface area contributed by atoms with Gasteiger partial charge in [-0.3, -0.25) is 0 Å². The van der Waals surface area contributed by atoms with Crippen molar-refractivity contribution in [1.29, 1.82) is 0 Å². The van der Waals surface area contributed by atoms with Gasteiger partial charge in [0, 0.05) is 40.0 Å². The van der Waals surface area contributed by atoms with E-state index in [9.17, 15) is 0 Å². The van der Waals surface area contributed by atoms with Gasteiger partial charge in [0.2, 0.25) is 0 Å². The molecule has 0 aliphatic heterocycles. The second-order valence-electron chi connectivity index (χ2n) is 3.79. The van der Waals surface area contributed by atoms with Crippen molar-refractivity contribution in [2.45, 2.75) is 32.6 Å². The van der Waals surface area contributed by atoms with E-state index in [0.29, 0.717) is 0 Å². The number of nitrogens with one attached hydrogen (secondary N) is 2. The summed E-state index contributed by atoms with van der Waals surface area (Å²) in [4.78, 5) is 0. The van der Waals surface area contributed by atoms with Crippen LogP contribution in [-0.4, -0.2) is 45.1 Å². The molecule has 0 aliphatic rings. The molecule has 0 amide bonds. The number of thiocarbonyl (C=S) groups is 1. The summed E-state index contributed by atoms with van der Waals surface area (Å²) in [5.41, 5.74) is 0. The van der Waals surface area contributed by atoms with Crippen LogP contribution >= 0.6 is 12.2 Å². The first-order valence-corrected chi connectivity index (χ1v) is 6.80. The summed E-state index contributed by atoms with van der Waals surface area (Å²) in [6.07, 6.45) is 4.41. The quantitative estimate of drug-likeness (QED) is 0.438. The first-order chi connectivity index (χ1) is 8.31. The van der Waals surface area contributed by atoms with E-state index in [1.54, 1.807) is 7.11 Å². The van der Waals surface area contributed by atoms with E-state index in [0.717, 1.165) is 57.3 Å². The van der Waals surface area contributed by atoms with Gasteiger partial charge in [-0.1, -0.05) is 0 Å². The number of rotatable bonds is 11. The second-order valence-corrected chi connectivity index (χ2v) is 4.19. The number of hydrogen-bond acceptors (Lipinski definition) is 3. The zero-order valence-electron chi connectivity index (χ0n) is 11.1. The Balaban J connectivity index is 3.12. The molecular weight excluding hydrogens is 236 g/mol. The summed E-state index contributed by atoms with van der Waals surface area (Å²) in [5.74, 6) is 0. The summed E-state index contributed by atoms with van der Waals surface area (Å²) < 4.78 is 10.2. The molecule has 0 fully saturated rings. The molecule has 5 heteroatoms. The summed E-state index contributed by atoms with van der Waals surface area (Å²) in [6.45, 7) is 6.23. The fraction of sp³-hybridized carbons (Fsp3) is 0.917. The van der Waals surface area contributed by atoms with Crippen LogP contribution in [0.4, 0.5) is 0 Å². The van der Waals surface area contributed by atoms with Crippen LogP contribution in [0.5, 0.6) is 0 Å². The normalized spacial score (nSPS) is 10.2. The summed E-state index contributed by atoms with van der Waals surface area (Å²) in [6, 6.07) is 0. The lowest BCUT2D eigenvalue weighted by Gasteiger charge is -2.10. The molecule has 2 N–H and O–H groups in total. The highest BCUT2D eigenvalue weighted by atomic mass is 32.1. The largest absolute Gasteiger partial charge is 0.385 e. The number of ether oxygens (including phenoxy) is 2. The van der Waals surface area contributed by atoms with Crippen LogP contribution in [-0.2, 0) is 9.47 Å². The lowest BCUT2D eigenvalue weighted by molar-refractivity contribution is 0.145. The van der Waals surface area contributed by atoms with Gasteiger partial charge in [0.15, 0.2) is 5.11 Å². The van der Waals surface area contributed by atoms with Gasteiger partial charge >= 0.3 is 0 Å².